The van der Waals surface area contributed by atoms with Crippen molar-refractivity contribution in [2.75, 3.05) is 20.2 Å². The van der Waals surface area contributed by atoms with Crippen molar-refractivity contribution in [3.63, 3.8) is 0 Å². The van der Waals surface area contributed by atoms with E-state index < -0.39 is 40.3 Å². The quantitative estimate of drug-likeness (QED) is 0.647. The van der Waals surface area contributed by atoms with Crippen molar-refractivity contribution in [1.82, 2.24) is 14.5 Å². The van der Waals surface area contributed by atoms with Crippen LogP contribution in [0.2, 0.25) is 0 Å². The highest BCUT2D eigenvalue weighted by atomic mass is 32.2. The summed E-state index contributed by atoms with van der Waals surface area (Å²) < 4.78 is 31.5. The lowest BCUT2D eigenvalue weighted by Gasteiger charge is -2.28. The number of amides is 1. The minimum atomic E-state index is -3.82. The molecule has 2 heterocycles. The van der Waals surface area contributed by atoms with Gasteiger partial charge in [0.15, 0.2) is 6.35 Å². The summed E-state index contributed by atoms with van der Waals surface area (Å²) in [4.78, 5) is 25.7. The molecule has 1 unspecified atom stereocenters. The summed E-state index contributed by atoms with van der Waals surface area (Å²) in [7, 11) is -2.61. The number of rotatable bonds is 4. The molecule has 0 saturated carbocycles. The van der Waals surface area contributed by atoms with Gasteiger partial charge in [0.05, 0.1) is 18.6 Å². The average molecular weight is 383 g/mol. The summed E-state index contributed by atoms with van der Waals surface area (Å²) >= 11 is 0. The minimum Gasteiger partial charge on any atom is -0.468 e. The molecule has 3 rings (SSSR count). The predicted octanol–water partition coefficient (Wildman–Crippen LogP) is -0.911. The third kappa shape index (κ3) is 3.32. The van der Waals surface area contributed by atoms with Gasteiger partial charge in [-0.25, -0.2) is 8.42 Å². The second-order valence-electron chi connectivity index (χ2n) is 6.19. The second kappa shape index (κ2) is 7.31. The Labute approximate surface area is 151 Å². The lowest BCUT2D eigenvalue weighted by atomic mass is 10.2. The third-order valence-corrected chi connectivity index (χ3v) is 6.55. The van der Waals surface area contributed by atoms with Gasteiger partial charge >= 0.3 is 5.97 Å². The van der Waals surface area contributed by atoms with Crippen LogP contribution in [0.25, 0.3) is 0 Å². The van der Waals surface area contributed by atoms with Gasteiger partial charge in [-0.05, 0) is 25.0 Å². The largest absolute Gasteiger partial charge is 0.468 e. The van der Waals surface area contributed by atoms with Crippen molar-refractivity contribution < 1.29 is 27.9 Å². The first-order chi connectivity index (χ1) is 12.4. The van der Waals surface area contributed by atoms with E-state index in [1.54, 1.807) is 18.2 Å². The number of carbonyl (C=O) groups excluding carboxylic acids is 2. The number of nitrogens with one attached hydrogen (secondary N) is 1. The highest BCUT2D eigenvalue weighted by Gasteiger charge is 2.45. The second-order valence-corrected chi connectivity index (χ2v) is 8.08. The van der Waals surface area contributed by atoms with Crippen LogP contribution >= 0.6 is 0 Å². The molecule has 1 aromatic carbocycles. The Balaban J connectivity index is 1.80. The molecule has 9 nitrogen and oxygen atoms in total. The summed E-state index contributed by atoms with van der Waals surface area (Å²) in [6.07, 6.45) is -0.467. The topological polar surface area (TPSA) is 116 Å². The van der Waals surface area contributed by atoms with E-state index in [9.17, 15) is 23.1 Å². The van der Waals surface area contributed by atoms with Gasteiger partial charge < -0.3 is 14.7 Å². The molecular weight excluding hydrogens is 362 g/mol. The molecule has 2 aliphatic heterocycles. The molecule has 0 aliphatic carbocycles. The van der Waals surface area contributed by atoms with Gasteiger partial charge in [-0.1, -0.05) is 18.2 Å². The molecule has 2 N–H and O–H groups in total. The summed E-state index contributed by atoms with van der Waals surface area (Å²) in [5, 5.41) is 12.6. The van der Waals surface area contributed by atoms with Crippen molar-refractivity contribution in [2.45, 2.75) is 36.2 Å². The molecule has 0 spiro atoms. The number of carbonyl (C=O) groups is 2. The van der Waals surface area contributed by atoms with Gasteiger partial charge in [-0.2, -0.15) is 4.31 Å². The van der Waals surface area contributed by atoms with Gasteiger partial charge in [-0.3, -0.25) is 14.9 Å². The van der Waals surface area contributed by atoms with E-state index in [4.69, 9.17) is 0 Å². The van der Waals surface area contributed by atoms with Crippen LogP contribution < -0.4 is 5.32 Å². The molecule has 0 bridgehead atoms. The van der Waals surface area contributed by atoms with Crippen LogP contribution in [0.4, 0.5) is 0 Å². The van der Waals surface area contributed by atoms with Crippen LogP contribution in [0.15, 0.2) is 35.2 Å². The molecule has 2 fully saturated rings. The first-order valence-corrected chi connectivity index (χ1v) is 9.69. The molecule has 2 aliphatic rings. The molecule has 142 valence electrons. The number of hydrogen-bond acceptors (Lipinski definition) is 7. The molecule has 0 radical (unpaired) electrons. The molecule has 2 saturated heterocycles. The molecule has 0 aromatic heterocycles. The monoisotopic (exact) mass is 383 g/mol. The number of sulfonamides is 1. The maximum atomic E-state index is 12.9. The van der Waals surface area contributed by atoms with E-state index >= 15 is 0 Å². The van der Waals surface area contributed by atoms with Gasteiger partial charge in [0.2, 0.25) is 15.9 Å². The SMILES string of the molecule is COC(=O)[C@@H]1CN(C(=O)[C@@H]2CCCN2S(=O)(=O)c2ccccc2)C(O)N1. The van der Waals surface area contributed by atoms with Crippen LogP contribution in [-0.4, -0.2) is 73.2 Å². The lowest BCUT2D eigenvalue weighted by Crippen LogP contribution is -2.50. The highest BCUT2D eigenvalue weighted by Crippen LogP contribution is 2.28. The average Bonchev–Trinajstić information content (AvgIpc) is 3.28. The summed E-state index contributed by atoms with van der Waals surface area (Å²) in [6.45, 7) is 0.147. The number of nitrogens with zero attached hydrogens (tertiary/aromatic N) is 2. The fourth-order valence-electron chi connectivity index (χ4n) is 3.31. The number of ether oxygens (including phenoxy) is 1. The first kappa shape index (κ1) is 18.8. The molecule has 3 atom stereocenters. The Morgan fingerprint density at radius 3 is 2.62 bits per heavy atom. The Bertz CT molecular complexity index is 784. The minimum absolute atomic E-state index is 0.0810. The van der Waals surface area contributed by atoms with Gasteiger partial charge in [0, 0.05) is 6.54 Å². The standard InChI is InChI=1S/C16H21N3O6S/c1-25-15(21)12-10-18(16(22)17-12)14(20)13-8-5-9-19(13)26(23,24)11-6-3-2-4-7-11/h2-4,6-7,12-13,16-17,22H,5,8-10H2,1H3/t12-,13-,16?/m0/s1. The van der Waals surface area contributed by atoms with Crippen LogP contribution in [0.5, 0.6) is 0 Å². The molecule has 1 amide bonds. The van der Waals surface area contributed by atoms with Gasteiger partial charge in [0.1, 0.15) is 12.1 Å². The van der Waals surface area contributed by atoms with Gasteiger partial charge in [0.25, 0.3) is 0 Å². The predicted molar refractivity (Wildman–Crippen MR) is 90.0 cm³/mol. The third-order valence-electron chi connectivity index (χ3n) is 4.63. The van der Waals surface area contributed by atoms with Crippen LogP contribution in [-0.2, 0) is 24.3 Å². The molecule has 10 heteroatoms. The Hall–Kier alpha value is -2.01. The van der Waals surface area contributed by atoms with Crippen LogP contribution in [0.3, 0.4) is 0 Å². The van der Waals surface area contributed by atoms with E-state index in [0.717, 1.165) is 4.90 Å². The van der Waals surface area contributed by atoms with E-state index in [-0.39, 0.29) is 18.0 Å². The number of methoxy groups -OCH3 is 1. The molecular formula is C16H21N3O6S. The fourth-order valence-corrected chi connectivity index (χ4v) is 4.98. The number of esters is 1. The number of hydrogen-bond donors (Lipinski definition) is 2. The first-order valence-electron chi connectivity index (χ1n) is 8.25. The van der Waals surface area contributed by atoms with Gasteiger partial charge in [-0.15, -0.1) is 0 Å². The normalized spacial score (nSPS) is 26.8. The fraction of sp³-hybridized carbons (Fsp3) is 0.500. The Morgan fingerprint density at radius 1 is 1.27 bits per heavy atom. The van der Waals surface area contributed by atoms with Crippen molar-refractivity contribution >= 4 is 21.9 Å². The number of aliphatic hydroxyl groups excluding tert-OH is 1. The summed E-state index contributed by atoms with van der Waals surface area (Å²) in [6, 6.07) is 6.16. The summed E-state index contributed by atoms with van der Waals surface area (Å²) in [5.74, 6) is -1.13. The van der Waals surface area contributed by atoms with Crippen molar-refractivity contribution in [1.29, 1.82) is 0 Å². The lowest BCUT2D eigenvalue weighted by molar-refractivity contribution is -0.142. The maximum absolute atomic E-state index is 12.9. The molecule has 1 aromatic rings. The smallest absolute Gasteiger partial charge is 0.324 e. The zero-order valence-corrected chi connectivity index (χ0v) is 15.1. The van der Waals surface area contributed by atoms with E-state index in [2.05, 4.69) is 10.1 Å². The van der Waals surface area contributed by atoms with E-state index in [1.807, 2.05) is 0 Å². The number of aliphatic hydroxyl groups is 1. The Kier molecular flexibility index (Phi) is 5.28. The van der Waals surface area contributed by atoms with Crippen molar-refractivity contribution in [3.8, 4) is 0 Å². The van der Waals surface area contributed by atoms with Crippen molar-refractivity contribution in [2.24, 2.45) is 0 Å². The molecule has 26 heavy (non-hydrogen) atoms. The zero-order valence-electron chi connectivity index (χ0n) is 14.2. The maximum Gasteiger partial charge on any atom is 0.324 e. The zero-order chi connectivity index (χ0) is 18.9. The van der Waals surface area contributed by atoms with E-state index in [0.29, 0.717) is 12.8 Å². The summed E-state index contributed by atoms with van der Waals surface area (Å²) in [5.41, 5.74) is 0. The Morgan fingerprint density at radius 2 is 1.96 bits per heavy atom. The number of benzene rings is 1. The van der Waals surface area contributed by atoms with Crippen LogP contribution in [0.1, 0.15) is 12.8 Å². The highest BCUT2D eigenvalue weighted by molar-refractivity contribution is 7.89. The van der Waals surface area contributed by atoms with Crippen LogP contribution in [0, 0.1) is 0 Å². The van der Waals surface area contributed by atoms with Crippen molar-refractivity contribution in [3.05, 3.63) is 30.3 Å². The van der Waals surface area contributed by atoms with E-state index in [1.165, 1.54) is 23.5 Å².